The van der Waals surface area contributed by atoms with Crippen molar-refractivity contribution in [3.8, 4) is 0 Å². The molecule has 2 rings (SSSR count). The normalized spacial score (nSPS) is 18.9. The van der Waals surface area contributed by atoms with Crippen LogP contribution < -0.4 is 5.73 Å². The van der Waals surface area contributed by atoms with Crippen molar-refractivity contribution >= 4 is 27.5 Å². The lowest BCUT2D eigenvalue weighted by atomic mass is 9.83. The van der Waals surface area contributed by atoms with E-state index in [9.17, 15) is 4.39 Å². The van der Waals surface area contributed by atoms with E-state index >= 15 is 0 Å². The highest BCUT2D eigenvalue weighted by Gasteiger charge is 2.21. The molecule has 1 aliphatic carbocycles. The number of hydrogen-bond acceptors (Lipinski definition) is 1. The van der Waals surface area contributed by atoms with Crippen LogP contribution in [0.2, 0.25) is 5.02 Å². The zero-order valence-corrected chi connectivity index (χ0v) is 12.6. The number of rotatable bonds is 3. The SMILES string of the molecule is NC(CC1CCCCC1)c1ccc(Br)c(Cl)c1F. The average molecular weight is 335 g/mol. The molecule has 1 saturated carbocycles. The monoisotopic (exact) mass is 333 g/mol. The molecule has 1 nitrogen and oxygen atoms in total. The Morgan fingerprint density at radius 2 is 2.00 bits per heavy atom. The summed E-state index contributed by atoms with van der Waals surface area (Å²) in [5, 5.41) is 0.131. The van der Waals surface area contributed by atoms with E-state index in [2.05, 4.69) is 15.9 Å². The van der Waals surface area contributed by atoms with Gasteiger partial charge in [0.05, 0.1) is 5.02 Å². The molecule has 0 heterocycles. The van der Waals surface area contributed by atoms with Gasteiger partial charge in [-0.05, 0) is 34.3 Å². The minimum Gasteiger partial charge on any atom is -0.324 e. The number of halogens is 3. The maximum atomic E-state index is 14.0. The zero-order valence-electron chi connectivity index (χ0n) is 10.3. The van der Waals surface area contributed by atoms with E-state index in [1.54, 1.807) is 12.1 Å². The molecule has 18 heavy (non-hydrogen) atoms. The summed E-state index contributed by atoms with van der Waals surface area (Å²) in [7, 11) is 0. The van der Waals surface area contributed by atoms with Crippen LogP contribution in [0, 0.1) is 11.7 Å². The zero-order chi connectivity index (χ0) is 13.1. The van der Waals surface area contributed by atoms with E-state index < -0.39 is 0 Å². The highest BCUT2D eigenvalue weighted by atomic mass is 79.9. The second-order valence-electron chi connectivity index (χ2n) is 5.11. The largest absolute Gasteiger partial charge is 0.324 e. The van der Waals surface area contributed by atoms with Crippen molar-refractivity contribution in [2.45, 2.75) is 44.6 Å². The molecule has 0 radical (unpaired) electrons. The Morgan fingerprint density at radius 1 is 1.33 bits per heavy atom. The summed E-state index contributed by atoms with van der Waals surface area (Å²) >= 11 is 9.11. The fourth-order valence-corrected chi connectivity index (χ4v) is 3.21. The molecular formula is C14H18BrClFN. The van der Waals surface area contributed by atoms with Gasteiger partial charge in [0, 0.05) is 16.1 Å². The Kier molecular flexibility index (Phi) is 5.05. The minimum atomic E-state index is -0.380. The van der Waals surface area contributed by atoms with Crippen molar-refractivity contribution in [3.05, 3.63) is 33.0 Å². The van der Waals surface area contributed by atoms with Gasteiger partial charge in [-0.2, -0.15) is 0 Å². The number of benzene rings is 1. The summed E-state index contributed by atoms with van der Waals surface area (Å²) in [6, 6.07) is 3.25. The highest BCUT2D eigenvalue weighted by molar-refractivity contribution is 9.10. The van der Waals surface area contributed by atoms with Gasteiger partial charge in [-0.15, -0.1) is 0 Å². The number of nitrogens with two attached hydrogens (primary N) is 1. The quantitative estimate of drug-likeness (QED) is 0.754. The lowest BCUT2D eigenvalue weighted by Gasteiger charge is -2.25. The van der Waals surface area contributed by atoms with Gasteiger partial charge < -0.3 is 5.73 Å². The molecule has 0 aliphatic heterocycles. The summed E-state index contributed by atoms with van der Waals surface area (Å²) in [5.41, 5.74) is 6.67. The molecule has 4 heteroatoms. The van der Waals surface area contributed by atoms with Gasteiger partial charge in [0.1, 0.15) is 5.82 Å². The predicted molar refractivity (Wildman–Crippen MR) is 77.2 cm³/mol. The topological polar surface area (TPSA) is 26.0 Å². The molecule has 2 N–H and O–H groups in total. The lowest BCUT2D eigenvalue weighted by Crippen LogP contribution is -2.18. The molecule has 1 aromatic rings. The predicted octanol–water partition coefficient (Wildman–Crippen LogP) is 5.21. The number of hydrogen-bond donors (Lipinski definition) is 1. The van der Waals surface area contributed by atoms with Crippen LogP contribution in [0.25, 0.3) is 0 Å². The van der Waals surface area contributed by atoms with E-state index in [0.29, 0.717) is 16.0 Å². The first-order chi connectivity index (χ1) is 8.59. The van der Waals surface area contributed by atoms with Crippen LogP contribution >= 0.6 is 27.5 Å². The van der Waals surface area contributed by atoms with Crippen molar-refractivity contribution in [2.24, 2.45) is 11.7 Å². The first-order valence-corrected chi connectivity index (χ1v) is 7.65. The van der Waals surface area contributed by atoms with Crippen molar-refractivity contribution in [1.82, 2.24) is 0 Å². The molecule has 1 atom stereocenters. The second kappa shape index (κ2) is 6.36. The Bertz CT molecular complexity index is 419. The third-order valence-electron chi connectivity index (χ3n) is 3.78. The molecule has 0 aromatic heterocycles. The Hall–Kier alpha value is -0.120. The molecule has 0 amide bonds. The fourth-order valence-electron chi connectivity index (χ4n) is 2.74. The van der Waals surface area contributed by atoms with Gasteiger partial charge in [0.25, 0.3) is 0 Å². The summed E-state index contributed by atoms with van der Waals surface area (Å²) in [6.07, 6.45) is 7.18. The standard InChI is InChI=1S/C14H18BrClFN/c15-11-7-6-10(14(17)13(11)16)12(18)8-9-4-2-1-3-5-9/h6-7,9,12H,1-5,8,18H2. The van der Waals surface area contributed by atoms with Crippen molar-refractivity contribution < 1.29 is 4.39 Å². The molecule has 1 aromatic carbocycles. The van der Waals surface area contributed by atoms with Crippen LogP contribution in [0.3, 0.4) is 0 Å². The van der Waals surface area contributed by atoms with Crippen molar-refractivity contribution in [1.29, 1.82) is 0 Å². The molecule has 0 saturated heterocycles. The van der Waals surface area contributed by atoms with E-state index in [-0.39, 0.29) is 16.9 Å². The Morgan fingerprint density at radius 3 is 2.67 bits per heavy atom. The van der Waals surface area contributed by atoms with Crippen LogP contribution in [0.5, 0.6) is 0 Å². The summed E-state index contributed by atoms with van der Waals surface area (Å²) < 4.78 is 14.6. The third-order valence-corrected chi connectivity index (χ3v) is 5.04. The van der Waals surface area contributed by atoms with Crippen LogP contribution in [0.4, 0.5) is 4.39 Å². The Labute approximate surface area is 121 Å². The molecule has 0 bridgehead atoms. The summed E-state index contributed by atoms with van der Waals surface area (Å²) in [6.45, 7) is 0. The molecule has 0 spiro atoms. The van der Waals surface area contributed by atoms with Crippen LogP contribution in [0.1, 0.15) is 50.1 Å². The highest BCUT2D eigenvalue weighted by Crippen LogP contribution is 2.34. The molecule has 1 unspecified atom stereocenters. The van der Waals surface area contributed by atoms with Crippen LogP contribution in [-0.2, 0) is 0 Å². The van der Waals surface area contributed by atoms with Gasteiger partial charge in [-0.1, -0.05) is 49.8 Å². The van der Waals surface area contributed by atoms with Crippen LogP contribution in [0.15, 0.2) is 16.6 Å². The van der Waals surface area contributed by atoms with E-state index in [1.807, 2.05) is 0 Å². The fraction of sp³-hybridized carbons (Fsp3) is 0.571. The molecular weight excluding hydrogens is 317 g/mol. The van der Waals surface area contributed by atoms with E-state index in [4.69, 9.17) is 17.3 Å². The van der Waals surface area contributed by atoms with Crippen molar-refractivity contribution in [2.75, 3.05) is 0 Å². The maximum absolute atomic E-state index is 14.0. The Balaban J connectivity index is 2.08. The maximum Gasteiger partial charge on any atom is 0.147 e. The molecule has 100 valence electrons. The van der Waals surface area contributed by atoms with E-state index in [0.717, 1.165) is 6.42 Å². The van der Waals surface area contributed by atoms with Crippen LogP contribution in [-0.4, -0.2) is 0 Å². The van der Waals surface area contributed by atoms with Gasteiger partial charge in [0.15, 0.2) is 0 Å². The lowest BCUT2D eigenvalue weighted by molar-refractivity contribution is 0.317. The summed E-state index contributed by atoms with van der Waals surface area (Å²) in [4.78, 5) is 0. The third kappa shape index (κ3) is 3.25. The second-order valence-corrected chi connectivity index (χ2v) is 6.34. The van der Waals surface area contributed by atoms with Gasteiger partial charge in [-0.3, -0.25) is 0 Å². The smallest absolute Gasteiger partial charge is 0.147 e. The van der Waals surface area contributed by atoms with Gasteiger partial charge >= 0.3 is 0 Å². The first kappa shape index (κ1) is 14.3. The average Bonchev–Trinajstić information content (AvgIpc) is 2.37. The molecule has 1 fully saturated rings. The van der Waals surface area contributed by atoms with Gasteiger partial charge in [0.2, 0.25) is 0 Å². The summed E-state index contributed by atoms with van der Waals surface area (Å²) in [5.74, 6) is 0.255. The van der Waals surface area contributed by atoms with E-state index in [1.165, 1.54) is 32.1 Å². The molecule has 1 aliphatic rings. The first-order valence-electron chi connectivity index (χ1n) is 6.48. The van der Waals surface area contributed by atoms with Crippen molar-refractivity contribution in [3.63, 3.8) is 0 Å². The van der Waals surface area contributed by atoms with Gasteiger partial charge in [-0.25, -0.2) is 4.39 Å². The minimum absolute atomic E-state index is 0.131.